The van der Waals surface area contributed by atoms with Gasteiger partial charge in [0.25, 0.3) is 0 Å². The van der Waals surface area contributed by atoms with Gasteiger partial charge in [-0.2, -0.15) is 0 Å². The van der Waals surface area contributed by atoms with E-state index in [4.69, 9.17) is 9.47 Å². The summed E-state index contributed by atoms with van der Waals surface area (Å²) in [5, 5.41) is 3.22. The van der Waals surface area contributed by atoms with E-state index in [2.05, 4.69) is 21.2 Å². The van der Waals surface area contributed by atoms with Gasteiger partial charge in [0, 0.05) is 22.8 Å². The minimum absolute atomic E-state index is 0.248. The molecule has 0 amide bonds. The zero-order chi connectivity index (χ0) is 14.5. The van der Waals surface area contributed by atoms with E-state index >= 15 is 0 Å². The van der Waals surface area contributed by atoms with Crippen LogP contribution in [0.15, 0.2) is 40.9 Å². The normalized spacial score (nSPS) is 10.2. The molecule has 106 valence electrons. The Kier molecular flexibility index (Phi) is 4.84. The van der Waals surface area contributed by atoms with Crippen LogP contribution in [-0.4, -0.2) is 14.2 Å². The van der Waals surface area contributed by atoms with Gasteiger partial charge in [-0.05, 0) is 29.8 Å². The second kappa shape index (κ2) is 6.61. The van der Waals surface area contributed by atoms with Crippen molar-refractivity contribution in [2.45, 2.75) is 6.54 Å². The molecule has 0 saturated carbocycles. The van der Waals surface area contributed by atoms with Crippen LogP contribution in [0.5, 0.6) is 11.5 Å². The lowest BCUT2D eigenvalue weighted by molar-refractivity contribution is 0.386. The Bertz CT molecular complexity index is 604. The van der Waals surface area contributed by atoms with Crippen LogP contribution >= 0.6 is 15.9 Å². The number of halogens is 2. The van der Waals surface area contributed by atoms with Crippen molar-refractivity contribution in [1.29, 1.82) is 0 Å². The van der Waals surface area contributed by atoms with Crippen molar-refractivity contribution in [2.24, 2.45) is 0 Å². The predicted octanol–water partition coefficient (Wildman–Crippen LogP) is 4.22. The van der Waals surface area contributed by atoms with Crippen LogP contribution in [0.1, 0.15) is 5.56 Å². The van der Waals surface area contributed by atoms with E-state index in [-0.39, 0.29) is 11.6 Å². The monoisotopic (exact) mass is 339 g/mol. The topological polar surface area (TPSA) is 30.5 Å². The van der Waals surface area contributed by atoms with Gasteiger partial charge in [-0.1, -0.05) is 22.0 Å². The third-order valence-electron chi connectivity index (χ3n) is 2.82. The summed E-state index contributed by atoms with van der Waals surface area (Å²) in [5.74, 6) is 0.638. The van der Waals surface area contributed by atoms with E-state index in [0.717, 1.165) is 21.5 Å². The Morgan fingerprint density at radius 1 is 1.10 bits per heavy atom. The molecule has 0 heterocycles. The van der Waals surface area contributed by atoms with Crippen molar-refractivity contribution in [3.05, 3.63) is 52.3 Å². The van der Waals surface area contributed by atoms with Gasteiger partial charge in [0.15, 0.2) is 11.6 Å². The number of hydrogen-bond acceptors (Lipinski definition) is 3. The zero-order valence-electron chi connectivity index (χ0n) is 11.2. The largest absolute Gasteiger partial charge is 0.497 e. The predicted molar refractivity (Wildman–Crippen MR) is 81.0 cm³/mol. The Morgan fingerprint density at radius 3 is 2.55 bits per heavy atom. The molecule has 5 heteroatoms. The smallest absolute Gasteiger partial charge is 0.165 e. The van der Waals surface area contributed by atoms with Gasteiger partial charge in [0.05, 0.1) is 14.2 Å². The maximum absolute atomic E-state index is 13.6. The first-order chi connectivity index (χ1) is 9.62. The lowest BCUT2D eigenvalue weighted by Gasteiger charge is -2.10. The first-order valence-electron chi connectivity index (χ1n) is 6.03. The molecule has 0 aliphatic heterocycles. The summed E-state index contributed by atoms with van der Waals surface area (Å²) in [5.41, 5.74) is 1.73. The summed E-state index contributed by atoms with van der Waals surface area (Å²) in [6.07, 6.45) is 0. The van der Waals surface area contributed by atoms with Crippen molar-refractivity contribution in [3.63, 3.8) is 0 Å². The molecule has 0 fully saturated rings. The number of hydrogen-bond donors (Lipinski definition) is 1. The van der Waals surface area contributed by atoms with Crippen LogP contribution in [0, 0.1) is 5.82 Å². The quantitative estimate of drug-likeness (QED) is 0.884. The fourth-order valence-electron chi connectivity index (χ4n) is 1.81. The molecule has 0 aliphatic carbocycles. The minimum Gasteiger partial charge on any atom is -0.497 e. The molecule has 0 saturated heterocycles. The lowest BCUT2D eigenvalue weighted by Crippen LogP contribution is -2.01. The molecule has 0 atom stereocenters. The van der Waals surface area contributed by atoms with Crippen LogP contribution in [0.4, 0.5) is 10.1 Å². The van der Waals surface area contributed by atoms with Crippen molar-refractivity contribution in [1.82, 2.24) is 0 Å². The minimum atomic E-state index is -0.362. The van der Waals surface area contributed by atoms with Gasteiger partial charge in [0.1, 0.15) is 5.75 Å². The third-order valence-corrected chi connectivity index (χ3v) is 3.28. The molecule has 0 bridgehead atoms. The van der Waals surface area contributed by atoms with Gasteiger partial charge in [-0.3, -0.25) is 0 Å². The number of nitrogens with one attached hydrogen (secondary N) is 1. The van der Waals surface area contributed by atoms with Crippen LogP contribution in [-0.2, 0) is 6.54 Å². The highest BCUT2D eigenvalue weighted by molar-refractivity contribution is 9.10. The molecule has 0 radical (unpaired) electrons. The lowest BCUT2D eigenvalue weighted by atomic mass is 10.2. The molecule has 3 nitrogen and oxygen atoms in total. The fourth-order valence-corrected chi connectivity index (χ4v) is 2.28. The summed E-state index contributed by atoms with van der Waals surface area (Å²) < 4.78 is 24.6. The van der Waals surface area contributed by atoms with E-state index in [0.29, 0.717) is 6.54 Å². The van der Waals surface area contributed by atoms with E-state index in [1.165, 1.54) is 13.2 Å². The standard InChI is InChI=1S/C15H15BrFNO2/c1-19-13-7-11(16)6-12(8-13)18-9-10-3-4-15(20-2)14(17)5-10/h3-8,18H,9H2,1-2H3. The number of methoxy groups -OCH3 is 2. The molecular weight excluding hydrogens is 325 g/mol. The summed E-state index contributed by atoms with van der Waals surface area (Å²) in [6.45, 7) is 0.514. The fraction of sp³-hybridized carbons (Fsp3) is 0.200. The molecule has 0 spiro atoms. The van der Waals surface area contributed by atoms with Gasteiger partial charge in [0.2, 0.25) is 0 Å². The van der Waals surface area contributed by atoms with Crippen LogP contribution < -0.4 is 14.8 Å². The van der Waals surface area contributed by atoms with E-state index in [1.807, 2.05) is 24.3 Å². The van der Waals surface area contributed by atoms with Crippen molar-refractivity contribution in [2.75, 3.05) is 19.5 Å². The number of benzene rings is 2. The summed E-state index contributed by atoms with van der Waals surface area (Å²) in [7, 11) is 3.06. The second-order valence-corrected chi connectivity index (χ2v) is 5.12. The maximum atomic E-state index is 13.6. The average Bonchev–Trinajstić information content (AvgIpc) is 2.44. The van der Waals surface area contributed by atoms with Crippen molar-refractivity contribution < 1.29 is 13.9 Å². The number of anilines is 1. The molecule has 20 heavy (non-hydrogen) atoms. The highest BCUT2D eigenvalue weighted by Crippen LogP contribution is 2.25. The van der Waals surface area contributed by atoms with Gasteiger partial charge in [-0.15, -0.1) is 0 Å². The van der Waals surface area contributed by atoms with Crippen molar-refractivity contribution >= 4 is 21.6 Å². The summed E-state index contributed by atoms with van der Waals surface area (Å²) >= 11 is 3.41. The maximum Gasteiger partial charge on any atom is 0.165 e. The average molecular weight is 340 g/mol. The highest BCUT2D eigenvalue weighted by atomic mass is 79.9. The zero-order valence-corrected chi connectivity index (χ0v) is 12.8. The van der Waals surface area contributed by atoms with Gasteiger partial charge < -0.3 is 14.8 Å². The summed E-state index contributed by atoms with van der Waals surface area (Å²) in [6, 6.07) is 10.6. The van der Waals surface area contributed by atoms with E-state index in [1.54, 1.807) is 13.2 Å². The van der Waals surface area contributed by atoms with Crippen LogP contribution in [0.25, 0.3) is 0 Å². The molecular formula is C15H15BrFNO2. The Labute approximate surface area is 125 Å². The van der Waals surface area contributed by atoms with Crippen LogP contribution in [0.3, 0.4) is 0 Å². The molecule has 2 aromatic rings. The molecule has 2 aromatic carbocycles. The van der Waals surface area contributed by atoms with Gasteiger partial charge >= 0.3 is 0 Å². The molecule has 0 unspecified atom stereocenters. The highest BCUT2D eigenvalue weighted by Gasteiger charge is 2.04. The second-order valence-electron chi connectivity index (χ2n) is 4.20. The Hall–Kier alpha value is -1.75. The summed E-state index contributed by atoms with van der Waals surface area (Å²) in [4.78, 5) is 0. The first-order valence-corrected chi connectivity index (χ1v) is 6.82. The Morgan fingerprint density at radius 2 is 1.90 bits per heavy atom. The van der Waals surface area contributed by atoms with E-state index in [9.17, 15) is 4.39 Å². The Balaban J connectivity index is 2.08. The molecule has 1 N–H and O–H groups in total. The SMILES string of the molecule is COc1cc(Br)cc(NCc2ccc(OC)c(F)c2)c1. The van der Waals surface area contributed by atoms with E-state index < -0.39 is 0 Å². The first kappa shape index (κ1) is 14.7. The van der Waals surface area contributed by atoms with Gasteiger partial charge in [-0.25, -0.2) is 4.39 Å². The number of ether oxygens (including phenoxy) is 2. The molecule has 0 aromatic heterocycles. The van der Waals surface area contributed by atoms with Crippen molar-refractivity contribution in [3.8, 4) is 11.5 Å². The molecule has 2 rings (SSSR count). The van der Waals surface area contributed by atoms with Crippen LogP contribution in [0.2, 0.25) is 0 Å². The third kappa shape index (κ3) is 3.63. The molecule has 0 aliphatic rings. The number of rotatable bonds is 5.